The Kier molecular flexibility index (Phi) is 8.88. The largest absolute Gasteiger partial charge is 0.379 e. The molecule has 29 heavy (non-hydrogen) atoms. The number of guanidine groups is 1. The van der Waals surface area contributed by atoms with E-state index in [-0.39, 0.29) is 0 Å². The molecule has 9 heteroatoms. The fourth-order valence-electron chi connectivity index (χ4n) is 3.21. The Hall–Kier alpha value is -1.68. The summed E-state index contributed by atoms with van der Waals surface area (Å²) in [6.07, 6.45) is 1.17. The summed E-state index contributed by atoms with van der Waals surface area (Å²) in [7, 11) is -3.28. The van der Waals surface area contributed by atoms with Crippen molar-refractivity contribution in [3.63, 3.8) is 0 Å². The van der Waals surface area contributed by atoms with Crippen LogP contribution >= 0.6 is 0 Å². The molecular formula is C20H35N5O3S. The zero-order chi connectivity index (χ0) is 21.3. The lowest BCUT2D eigenvalue weighted by molar-refractivity contribution is 0.0341. The molecule has 0 amide bonds. The van der Waals surface area contributed by atoms with Crippen molar-refractivity contribution in [2.45, 2.75) is 39.4 Å². The molecular weight excluding hydrogens is 390 g/mol. The van der Waals surface area contributed by atoms with Gasteiger partial charge in [-0.15, -0.1) is 0 Å². The molecule has 8 nitrogen and oxygen atoms in total. The van der Waals surface area contributed by atoms with E-state index in [2.05, 4.69) is 38.5 Å². The van der Waals surface area contributed by atoms with Crippen molar-refractivity contribution >= 4 is 16.0 Å². The molecule has 1 saturated heterocycles. The average Bonchev–Trinajstić information content (AvgIpc) is 2.64. The number of aliphatic imine (C=N–C) groups is 1. The van der Waals surface area contributed by atoms with Crippen molar-refractivity contribution in [2.75, 3.05) is 45.6 Å². The van der Waals surface area contributed by atoms with Crippen LogP contribution in [0.4, 0.5) is 0 Å². The van der Waals surface area contributed by atoms with E-state index < -0.39 is 15.6 Å². The van der Waals surface area contributed by atoms with E-state index in [0.717, 1.165) is 39.4 Å². The van der Waals surface area contributed by atoms with Crippen LogP contribution in [0.1, 0.15) is 31.9 Å². The van der Waals surface area contributed by atoms with Gasteiger partial charge in [-0.2, -0.15) is 0 Å². The highest BCUT2D eigenvalue weighted by Crippen LogP contribution is 2.14. The number of sulfonamides is 1. The third-order valence-corrected chi connectivity index (χ3v) is 5.45. The van der Waals surface area contributed by atoms with Crippen LogP contribution in [0.2, 0.25) is 0 Å². The first-order valence-corrected chi connectivity index (χ1v) is 12.0. The van der Waals surface area contributed by atoms with E-state index in [0.29, 0.717) is 19.0 Å². The van der Waals surface area contributed by atoms with Crippen LogP contribution in [0.15, 0.2) is 29.3 Å². The number of hydrogen-bond acceptors (Lipinski definition) is 5. The molecule has 1 aromatic rings. The van der Waals surface area contributed by atoms with Gasteiger partial charge in [0.05, 0.1) is 26.0 Å². The average molecular weight is 426 g/mol. The molecule has 1 heterocycles. The van der Waals surface area contributed by atoms with E-state index in [9.17, 15) is 8.42 Å². The molecule has 0 unspecified atom stereocenters. The fourth-order valence-corrected chi connectivity index (χ4v) is 4.29. The Balaban J connectivity index is 2.02. The van der Waals surface area contributed by atoms with E-state index in [4.69, 9.17) is 9.73 Å². The highest BCUT2D eigenvalue weighted by Gasteiger charge is 2.22. The highest BCUT2D eigenvalue weighted by molar-refractivity contribution is 7.88. The van der Waals surface area contributed by atoms with Crippen molar-refractivity contribution < 1.29 is 13.2 Å². The van der Waals surface area contributed by atoms with Gasteiger partial charge in [0, 0.05) is 38.3 Å². The van der Waals surface area contributed by atoms with Crippen LogP contribution in [0.25, 0.3) is 0 Å². The second-order valence-corrected chi connectivity index (χ2v) is 9.71. The number of rotatable bonds is 9. The third-order valence-electron chi connectivity index (χ3n) is 4.53. The Morgan fingerprint density at radius 2 is 1.83 bits per heavy atom. The van der Waals surface area contributed by atoms with Crippen molar-refractivity contribution in [1.82, 2.24) is 20.3 Å². The maximum atomic E-state index is 11.5. The molecule has 0 aromatic heterocycles. The minimum Gasteiger partial charge on any atom is -0.379 e. The van der Waals surface area contributed by atoms with Crippen LogP contribution in [-0.2, 0) is 27.8 Å². The zero-order valence-corrected chi connectivity index (χ0v) is 18.8. The molecule has 0 saturated carbocycles. The van der Waals surface area contributed by atoms with Gasteiger partial charge in [-0.05, 0) is 31.9 Å². The first kappa shape index (κ1) is 23.6. The molecule has 2 rings (SSSR count). The molecule has 0 radical (unpaired) electrons. The molecule has 1 aromatic carbocycles. The second kappa shape index (κ2) is 10.9. The van der Waals surface area contributed by atoms with Crippen LogP contribution < -0.4 is 15.4 Å². The summed E-state index contributed by atoms with van der Waals surface area (Å²) in [6.45, 7) is 11.7. The maximum Gasteiger partial charge on any atom is 0.209 e. The summed E-state index contributed by atoms with van der Waals surface area (Å²) in [5.74, 6) is 0.664. The standard InChI is InChI=1S/C20H35N5O3S/c1-5-21-19(23-16-20(2,3)24-29(4,26)27)22-14-17-8-6-7-9-18(17)15-25-10-12-28-13-11-25/h6-9,24H,5,10-16H2,1-4H3,(H2,21,22,23). The molecule has 3 N–H and O–H groups in total. The lowest BCUT2D eigenvalue weighted by Gasteiger charge is -2.27. The first-order chi connectivity index (χ1) is 13.7. The normalized spacial score (nSPS) is 16.6. The van der Waals surface area contributed by atoms with Crippen LogP contribution in [0, 0.1) is 0 Å². The second-order valence-electron chi connectivity index (χ2n) is 7.96. The van der Waals surface area contributed by atoms with Crippen LogP contribution in [0.3, 0.4) is 0 Å². The minimum absolute atomic E-state index is 0.418. The van der Waals surface area contributed by atoms with Gasteiger partial charge < -0.3 is 15.4 Å². The Labute approximate surface area is 175 Å². The Bertz CT molecular complexity index is 774. The predicted molar refractivity (Wildman–Crippen MR) is 117 cm³/mol. The summed E-state index contributed by atoms with van der Waals surface area (Å²) in [5.41, 5.74) is 1.83. The van der Waals surface area contributed by atoms with Crippen LogP contribution in [-0.4, -0.2) is 70.5 Å². The predicted octanol–water partition coefficient (Wildman–Crippen LogP) is 0.902. The van der Waals surface area contributed by atoms with Crippen LogP contribution in [0.5, 0.6) is 0 Å². The van der Waals surface area contributed by atoms with E-state index in [1.165, 1.54) is 17.4 Å². The number of ether oxygens (including phenoxy) is 1. The number of nitrogens with one attached hydrogen (secondary N) is 3. The van der Waals surface area contributed by atoms with Crippen molar-refractivity contribution in [3.05, 3.63) is 35.4 Å². The fraction of sp³-hybridized carbons (Fsp3) is 0.650. The topological polar surface area (TPSA) is 95.1 Å². The zero-order valence-electron chi connectivity index (χ0n) is 18.0. The summed E-state index contributed by atoms with van der Waals surface area (Å²) in [4.78, 5) is 7.11. The quantitative estimate of drug-likeness (QED) is 0.402. The molecule has 0 atom stereocenters. The maximum absolute atomic E-state index is 11.5. The van der Waals surface area contributed by atoms with Gasteiger partial charge in [0.15, 0.2) is 5.96 Å². The molecule has 1 fully saturated rings. The SMILES string of the molecule is CCNC(=NCc1ccccc1CN1CCOCC1)NCC(C)(C)NS(C)(=O)=O. The Morgan fingerprint density at radius 3 is 2.45 bits per heavy atom. The molecule has 0 aliphatic carbocycles. The van der Waals surface area contributed by atoms with Gasteiger partial charge in [0.25, 0.3) is 0 Å². The number of hydrogen-bond donors (Lipinski definition) is 3. The van der Waals surface area contributed by atoms with Gasteiger partial charge >= 0.3 is 0 Å². The summed E-state index contributed by atoms with van der Waals surface area (Å²) < 4.78 is 31.1. The van der Waals surface area contributed by atoms with E-state index >= 15 is 0 Å². The molecule has 1 aliphatic heterocycles. The number of nitrogens with zero attached hydrogens (tertiary/aromatic N) is 2. The molecule has 0 spiro atoms. The minimum atomic E-state index is -3.28. The van der Waals surface area contributed by atoms with E-state index in [1.54, 1.807) is 0 Å². The van der Waals surface area contributed by atoms with Gasteiger partial charge in [-0.3, -0.25) is 4.90 Å². The van der Waals surface area contributed by atoms with Crippen molar-refractivity contribution in [1.29, 1.82) is 0 Å². The van der Waals surface area contributed by atoms with Gasteiger partial charge in [-0.1, -0.05) is 24.3 Å². The van der Waals surface area contributed by atoms with Gasteiger partial charge in [0.2, 0.25) is 10.0 Å². The van der Waals surface area contributed by atoms with Crippen molar-refractivity contribution in [3.8, 4) is 0 Å². The first-order valence-electron chi connectivity index (χ1n) is 10.1. The monoisotopic (exact) mass is 425 g/mol. The van der Waals surface area contributed by atoms with E-state index in [1.807, 2.05) is 26.8 Å². The molecule has 0 bridgehead atoms. The van der Waals surface area contributed by atoms with Crippen molar-refractivity contribution in [2.24, 2.45) is 4.99 Å². The number of benzene rings is 1. The lowest BCUT2D eigenvalue weighted by atomic mass is 10.1. The van der Waals surface area contributed by atoms with Gasteiger partial charge in [0.1, 0.15) is 0 Å². The summed E-state index contributed by atoms with van der Waals surface area (Å²) >= 11 is 0. The smallest absolute Gasteiger partial charge is 0.209 e. The van der Waals surface area contributed by atoms with Gasteiger partial charge in [-0.25, -0.2) is 18.1 Å². The summed E-state index contributed by atoms with van der Waals surface area (Å²) in [5, 5.41) is 6.46. The molecule has 1 aliphatic rings. The lowest BCUT2D eigenvalue weighted by Crippen LogP contribution is -2.53. The molecule has 164 valence electrons. The number of morpholine rings is 1. The Morgan fingerprint density at radius 1 is 1.17 bits per heavy atom. The third kappa shape index (κ3) is 9.12. The summed E-state index contributed by atoms with van der Waals surface area (Å²) in [6, 6.07) is 8.36. The highest BCUT2D eigenvalue weighted by atomic mass is 32.2.